The van der Waals surface area contributed by atoms with Crippen molar-refractivity contribution in [3.8, 4) is 0 Å². The van der Waals surface area contributed by atoms with Gasteiger partial charge in [0.1, 0.15) is 0 Å². The fourth-order valence-corrected chi connectivity index (χ4v) is 0.857. The second-order valence-electron chi connectivity index (χ2n) is 2.47. The molecule has 1 aliphatic heterocycles. The zero-order chi connectivity index (χ0) is 8.32. The van der Waals surface area contributed by atoms with Crippen molar-refractivity contribution >= 4 is 6.21 Å². The Morgan fingerprint density at radius 1 is 1.64 bits per heavy atom. The maximum Gasteiger partial charge on any atom is 0.235 e. The van der Waals surface area contributed by atoms with E-state index in [1.54, 1.807) is 19.5 Å². The number of nitrogens with zero attached hydrogens (tertiary/aromatic N) is 2. The molecule has 1 unspecified atom stereocenters. The summed E-state index contributed by atoms with van der Waals surface area (Å²) in [7, 11) is 5.41. The summed E-state index contributed by atoms with van der Waals surface area (Å²) < 4.78 is 5.22. The highest BCUT2D eigenvalue weighted by Crippen LogP contribution is 2.08. The fraction of sp³-hybridized carbons (Fsp3) is 0.571. The fourth-order valence-electron chi connectivity index (χ4n) is 0.857. The van der Waals surface area contributed by atoms with Gasteiger partial charge in [0.2, 0.25) is 5.85 Å². The molecular weight excluding hydrogens is 142 g/mol. The lowest BCUT2D eigenvalue weighted by Crippen LogP contribution is -2.58. The van der Waals surface area contributed by atoms with Crippen LogP contribution in [0.15, 0.2) is 11.2 Å². The van der Waals surface area contributed by atoms with E-state index >= 15 is 0 Å². The number of aliphatic imine (C=N–C) groups is 1. The molecule has 4 heteroatoms. The minimum atomic E-state index is -0.630. The SMILES string of the molecule is COC1(N(C)C)C=NC=[C]N1. The molecular formula is C7H12N3O. The number of ether oxygens (including phenoxy) is 1. The zero-order valence-corrected chi connectivity index (χ0v) is 6.96. The minimum absolute atomic E-state index is 0.630. The third-order valence-electron chi connectivity index (χ3n) is 1.62. The van der Waals surface area contributed by atoms with Gasteiger partial charge in [-0.15, -0.1) is 0 Å². The van der Waals surface area contributed by atoms with Crippen LogP contribution in [0.3, 0.4) is 0 Å². The van der Waals surface area contributed by atoms with Gasteiger partial charge in [0.25, 0.3) is 0 Å². The third kappa shape index (κ3) is 1.41. The molecule has 0 bridgehead atoms. The molecule has 61 valence electrons. The summed E-state index contributed by atoms with van der Waals surface area (Å²) in [4.78, 5) is 5.80. The molecule has 0 amide bonds. The molecule has 0 fully saturated rings. The lowest BCUT2D eigenvalue weighted by molar-refractivity contribution is -0.0715. The maximum absolute atomic E-state index is 5.22. The molecule has 0 aliphatic carbocycles. The van der Waals surface area contributed by atoms with Gasteiger partial charge in [0, 0.05) is 7.11 Å². The monoisotopic (exact) mass is 154 g/mol. The van der Waals surface area contributed by atoms with Crippen LogP contribution >= 0.6 is 0 Å². The van der Waals surface area contributed by atoms with Crippen molar-refractivity contribution in [2.75, 3.05) is 21.2 Å². The van der Waals surface area contributed by atoms with Gasteiger partial charge in [0.15, 0.2) is 0 Å². The van der Waals surface area contributed by atoms with Gasteiger partial charge >= 0.3 is 0 Å². The number of hydrogen-bond acceptors (Lipinski definition) is 4. The first-order valence-electron chi connectivity index (χ1n) is 3.32. The van der Waals surface area contributed by atoms with Crippen molar-refractivity contribution in [3.63, 3.8) is 0 Å². The van der Waals surface area contributed by atoms with Crippen molar-refractivity contribution in [3.05, 3.63) is 12.4 Å². The van der Waals surface area contributed by atoms with E-state index in [1.165, 1.54) is 0 Å². The number of methoxy groups -OCH3 is 1. The molecule has 0 aromatic heterocycles. The quantitative estimate of drug-likeness (QED) is 0.559. The Morgan fingerprint density at radius 3 is 2.64 bits per heavy atom. The van der Waals surface area contributed by atoms with Crippen molar-refractivity contribution in [1.29, 1.82) is 0 Å². The Hall–Kier alpha value is -0.870. The molecule has 1 radical (unpaired) electrons. The van der Waals surface area contributed by atoms with Crippen LogP contribution in [0.25, 0.3) is 0 Å². The van der Waals surface area contributed by atoms with Crippen molar-refractivity contribution in [2.24, 2.45) is 4.99 Å². The molecule has 1 atom stereocenters. The van der Waals surface area contributed by atoms with Crippen LogP contribution in [0.4, 0.5) is 0 Å². The summed E-state index contributed by atoms with van der Waals surface area (Å²) in [5, 5.41) is 2.93. The summed E-state index contributed by atoms with van der Waals surface area (Å²) in [5.74, 6) is -0.630. The van der Waals surface area contributed by atoms with E-state index in [4.69, 9.17) is 4.74 Å². The second kappa shape index (κ2) is 3.02. The van der Waals surface area contributed by atoms with Gasteiger partial charge in [0.05, 0.1) is 18.6 Å². The van der Waals surface area contributed by atoms with Crippen molar-refractivity contribution in [2.45, 2.75) is 5.85 Å². The van der Waals surface area contributed by atoms with E-state index < -0.39 is 5.85 Å². The summed E-state index contributed by atoms with van der Waals surface area (Å²) >= 11 is 0. The van der Waals surface area contributed by atoms with E-state index in [0.29, 0.717) is 0 Å². The van der Waals surface area contributed by atoms with E-state index in [1.807, 2.05) is 19.0 Å². The van der Waals surface area contributed by atoms with Gasteiger partial charge in [-0.1, -0.05) is 0 Å². The standard InChI is InChI=1S/C7H12N3O/c1-10(2)7(11-3)6-8-4-5-9-7/h4,6,9H,1-3H3. The van der Waals surface area contributed by atoms with Crippen LogP contribution in [0.1, 0.15) is 0 Å². The van der Waals surface area contributed by atoms with Gasteiger partial charge in [-0.25, -0.2) is 0 Å². The predicted molar refractivity (Wildman–Crippen MR) is 42.9 cm³/mol. The predicted octanol–water partition coefficient (Wildman–Crippen LogP) is -0.203. The van der Waals surface area contributed by atoms with Crippen LogP contribution in [0.5, 0.6) is 0 Å². The zero-order valence-electron chi connectivity index (χ0n) is 6.96. The van der Waals surface area contributed by atoms with E-state index in [2.05, 4.69) is 16.5 Å². The summed E-state index contributed by atoms with van der Waals surface area (Å²) in [6, 6.07) is 0. The van der Waals surface area contributed by atoms with Crippen LogP contribution in [0.2, 0.25) is 0 Å². The van der Waals surface area contributed by atoms with E-state index in [9.17, 15) is 0 Å². The topological polar surface area (TPSA) is 36.9 Å². The smallest absolute Gasteiger partial charge is 0.235 e. The summed E-state index contributed by atoms with van der Waals surface area (Å²) in [6.07, 6.45) is 6.01. The Morgan fingerprint density at radius 2 is 2.36 bits per heavy atom. The van der Waals surface area contributed by atoms with Gasteiger partial charge in [-0.3, -0.25) is 9.89 Å². The molecule has 0 saturated carbocycles. The van der Waals surface area contributed by atoms with Crippen LogP contribution in [-0.2, 0) is 4.74 Å². The lowest BCUT2D eigenvalue weighted by Gasteiger charge is -2.35. The van der Waals surface area contributed by atoms with Crippen LogP contribution in [-0.4, -0.2) is 38.2 Å². The highest BCUT2D eigenvalue weighted by Gasteiger charge is 2.30. The molecule has 1 rings (SSSR count). The normalized spacial score (nSPS) is 29.1. The largest absolute Gasteiger partial charge is 0.341 e. The first-order valence-corrected chi connectivity index (χ1v) is 3.32. The number of hydrogen-bond donors (Lipinski definition) is 1. The highest BCUT2D eigenvalue weighted by atomic mass is 16.5. The number of nitrogens with one attached hydrogen (secondary N) is 1. The molecule has 1 heterocycles. The summed E-state index contributed by atoms with van der Waals surface area (Å²) in [5.41, 5.74) is 0. The molecule has 0 spiro atoms. The number of rotatable bonds is 2. The average Bonchev–Trinajstić information content (AvgIpc) is 2.05. The first-order chi connectivity index (χ1) is 5.21. The van der Waals surface area contributed by atoms with Crippen LogP contribution < -0.4 is 5.32 Å². The molecule has 1 aliphatic rings. The highest BCUT2D eigenvalue weighted by molar-refractivity contribution is 5.69. The third-order valence-corrected chi connectivity index (χ3v) is 1.62. The molecule has 1 N–H and O–H groups in total. The Labute approximate surface area is 66.6 Å². The lowest BCUT2D eigenvalue weighted by atomic mass is 10.4. The molecule has 4 nitrogen and oxygen atoms in total. The van der Waals surface area contributed by atoms with Crippen LogP contribution in [0, 0.1) is 6.20 Å². The van der Waals surface area contributed by atoms with Crippen molar-refractivity contribution in [1.82, 2.24) is 10.2 Å². The molecule has 0 saturated heterocycles. The Balaban J connectivity index is 2.77. The van der Waals surface area contributed by atoms with Gasteiger partial charge in [-0.05, 0) is 14.1 Å². The second-order valence-corrected chi connectivity index (χ2v) is 2.47. The average molecular weight is 154 g/mol. The Bertz CT molecular complexity index is 188. The minimum Gasteiger partial charge on any atom is -0.341 e. The maximum atomic E-state index is 5.22. The molecule has 0 aromatic rings. The Kier molecular flexibility index (Phi) is 2.26. The van der Waals surface area contributed by atoms with Gasteiger partial charge in [-0.2, -0.15) is 0 Å². The first kappa shape index (κ1) is 8.23. The van der Waals surface area contributed by atoms with Crippen molar-refractivity contribution < 1.29 is 4.74 Å². The molecule has 0 aromatic carbocycles. The van der Waals surface area contributed by atoms with E-state index in [0.717, 1.165) is 0 Å². The van der Waals surface area contributed by atoms with Gasteiger partial charge < -0.3 is 10.1 Å². The van der Waals surface area contributed by atoms with E-state index in [-0.39, 0.29) is 0 Å². The summed E-state index contributed by atoms with van der Waals surface area (Å²) in [6.45, 7) is 0. The molecule has 11 heavy (non-hydrogen) atoms.